The summed E-state index contributed by atoms with van der Waals surface area (Å²) >= 11 is 0. The Morgan fingerprint density at radius 1 is 1.11 bits per heavy atom. The largest absolute Gasteiger partial charge is 0.484 e. The fourth-order valence-corrected chi connectivity index (χ4v) is 4.74. The Bertz CT molecular complexity index is 1010. The summed E-state index contributed by atoms with van der Waals surface area (Å²) in [5.74, 6) is 1.87. The van der Waals surface area contributed by atoms with Crippen molar-refractivity contribution in [3.63, 3.8) is 0 Å². The minimum absolute atomic E-state index is 0.0296. The number of hydrogen-bond donors (Lipinski definition) is 1. The zero-order valence-corrected chi connectivity index (χ0v) is 16.5. The Kier molecular flexibility index (Phi) is 4.33. The number of pyridine rings is 1. The highest BCUT2D eigenvalue weighted by molar-refractivity contribution is 5.50. The molecule has 1 aliphatic carbocycles. The molecule has 6 heteroatoms. The predicted molar refractivity (Wildman–Crippen MR) is 108 cm³/mol. The zero-order valence-electron chi connectivity index (χ0n) is 16.5. The second-order valence-corrected chi connectivity index (χ2v) is 8.17. The standard InChI is InChI=1S/C22H27N5O/c1-14-12-15(28-20-10-9-18(23)16-6-3-4-7-17(16)20)13-27-21(14)24-25-22(27)19-8-5-11-26(19)2/h3-4,6-7,12-13,18-20H,5,8-11,23H2,1-2H3/t18-,19-,20+/m0/s1. The highest BCUT2D eigenvalue weighted by atomic mass is 16.5. The van der Waals surface area contributed by atoms with Crippen molar-refractivity contribution in [2.45, 2.75) is 50.8 Å². The molecular formula is C22H27N5O. The van der Waals surface area contributed by atoms with Crippen LogP contribution in [-0.2, 0) is 0 Å². The predicted octanol–water partition coefficient (Wildman–Crippen LogP) is 3.72. The van der Waals surface area contributed by atoms with Gasteiger partial charge < -0.3 is 10.5 Å². The summed E-state index contributed by atoms with van der Waals surface area (Å²) in [5, 5.41) is 8.97. The molecule has 2 aliphatic rings. The van der Waals surface area contributed by atoms with Crippen LogP contribution in [0.5, 0.6) is 5.75 Å². The van der Waals surface area contributed by atoms with Gasteiger partial charge in [0.15, 0.2) is 11.5 Å². The van der Waals surface area contributed by atoms with Crippen molar-refractivity contribution in [2.24, 2.45) is 5.73 Å². The topological polar surface area (TPSA) is 68.7 Å². The van der Waals surface area contributed by atoms with Crippen molar-refractivity contribution < 1.29 is 4.74 Å². The number of aryl methyl sites for hydroxylation is 1. The average molecular weight is 377 g/mol. The third-order valence-electron chi connectivity index (χ3n) is 6.27. The number of aromatic nitrogens is 3. The first-order chi connectivity index (χ1) is 13.6. The van der Waals surface area contributed by atoms with Crippen molar-refractivity contribution in [3.8, 4) is 5.75 Å². The molecule has 28 heavy (non-hydrogen) atoms. The van der Waals surface area contributed by atoms with E-state index in [2.05, 4.69) is 70.0 Å². The van der Waals surface area contributed by atoms with Gasteiger partial charge in [0, 0.05) is 6.04 Å². The molecule has 0 amide bonds. The van der Waals surface area contributed by atoms with Gasteiger partial charge in [-0.15, -0.1) is 10.2 Å². The van der Waals surface area contributed by atoms with E-state index in [9.17, 15) is 0 Å². The Hall–Kier alpha value is -2.44. The molecule has 2 N–H and O–H groups in total. The Morgan fingerprint density at radius 3 is 2.71 bits per heavy atom. The van der Waals surface area contributed by atoms with Crippen LogP contribution < -0.4 is 10.5 Å². The normalized spacial score (nSPS) is 25.2. The number of rotatable bonds is 3. The molecule has 0 radical (unpaired) electrons. The van der Waals surface area contributed by atoms with Crippen LogP contribution in [0.25, 0.3) is 5.65 Å². The first kappa shape index (κ1) is 17.6. The molecule has 5 rings (SSSR count). The highest BCUT2D eigenvalue weighted by Crippen LogP contribution is 2.38. The molecule has 1 aromatic carbocycles. The zero-order chi connectivity index (χ0) is 19.3. The Morgan fingerprint density at radius 2 is 1.93 bits per heavy atom. The maximum Gasteiger partial charge on any atom is 0.164 e. The van der Waals surface area contributed by atoms with Gasteiger partial charge in [0.05, 0.1) is 12.2 Å². The van der Waals surface area contributed by atoms with Gasteiger partial charge in [0.1, 0.15) is 11.9 Å². The first-order valence-corrected chi connectivity index (χ1v) is 10.2. The van der Waals surface area contributed by atoms with E-state index in [1.54, 1.807) is 0 Å². The smallest absolute Gasteiger partial charge is 0.164 e. The van der Waals surface area contributed by atoms with Crippen LogP contribution in [0.2, 0.25) is 0 Å². The summed E-state index contributed by atoms with van der Waals surface area (Å²) in [7, 11) is 2.16. The lowest BCUT2D eigenvalue weighted by atomic mass is 9.86. The van der Waals surface area contributed by atoms with E-state index < -0.39 is 0 Å². The van der Waals surface area contributed by atoms with E-state index in [1.807, 2.05) is 0 Å². The highest BCUT2D eigenvalue weighted by Gasteiger charge is 2.29. The van der Waals surface area contributed by atoms with E-state index in [0.717, 1.165) is 48.6 Å². The van der Waals surface area contributed by atoms with Gasteiger partial charge >= 0.3 is 0 Å². The van der Waals surface area contributed by atoms with Crippen molar-refractivity contribution >= 4 is 5.65 Å². The van der Waals surface area contributed by atoms with Crippen LogP contribution >= 0.6 is 0 Å². The van der Waals surface area contributed by atoms with Crippen LogP contribution in [0, 0.1) is 6.92 Å². The van der Waals surface area contributed by atoms with Gasteiger partial charge in [0.25, 0.3) is 0 Å². The third-order valence-corrected chi connectivity index (χ3v) is 6.27. The second kappa shape index (κ2) is 6.87. The van der Waals surface area contributed by atoms with Crippen LogP contribution in [0.15, 0.2) is 36.5 Å². The number of ether oxygens (including phenoxy) is 1. The minimum atomic E-state index is 0.0296. The summed E-state index contributed by atoms with van der Waals surface area (Å²) in [5.41, 5.74) is 10.7. The van der Waals surface area contributed by atoms with E-state index in [1.165, 1.54) is 17.5 Å². The fraction of sp³-hybridized carbons (Fsp3) is 0.455. The van der Waals surface area contributed by atoms with Gasteiger partial charge in [-0.1, -0.05) is 24.3 Å². The summed E-state index contributed by atoms with van der Waals surface area (Å²) in [4.78, 5) is 2.36. The molecular weight excluding hydrogens is 350 g/mol. The van der Waals surface area contributed by atoms with E-state index in [0.29, 0.717) is 6.04 Å². The maximum absolute atomic E-state index is 6.49. The molecule has 0 unspecified atom stereocenters. The summed E-state index contributed by atoms with van der Waals surface area (Å²) in [6.45, 7) is 3.18. The molecule has 6 nitrogen and oxygen atoms in total. The van der Waals surface area contributed by atoms with Crippen LogP contribution in [0.3, 0.4) is 0 Å². The third kappa shape index (κ3) is 2.88. The lowest BCUT2D eigenvalue weighted by molar-refractivity contribution is 0.176. The molecule has 1 aliphatic heterocycles. The maximum atomic E-state index is 6.49. The summed E-state index contributed by atoms with van der Waals surface area (Å²) in [6.07, 6.45) is 6.27. The van der Waals surface area contributed by atoms with E-state index >= 15 is 0 Å². The van der Waals surface area contributed by atoms with Crippen LogP contribution in [0.1, 0.15) is 66.4 Å². The molecule has 2 aromatic heterocycles. The molecule has 3 aromatic rings. The van der Waals surface area contributed by atoms with Crippen molar-refractivity contribution in [3.05, 3.63) is 59.0 Å². The van der Waals surface area contributed by atoms with Crippen LogP contribution in [-0.4, -0.2) is 33.1 Å². The molecule has 3 atom stereocenters. The SMILES string of the molecule is Cc1cc(O[C@@H]2CC[C@H](N)c3ccccc32)cn2c([C@@H]3CCCN3C)nnc12. The second-order valence-electron chi connectivity index (χ2n) is 8.17. The number of likely N-dealkylation sites (tertiary alicyclic amines) is 1. The molecule has 1 fully saturated rings. The first-order valence-electron chi connectivity index (χ1n) is 10.2. The monoisotopic (exact) mass is 377 g/mol. The average Bonchev–Trinajstić information content (AvgIpc) is 3.30. The number of hydrogen-bond acceptors (Lipinski definition) is 5. The lowest BCUT2D eigenvalue weighted by Gasteiger charge is -2.30. The summed E-state index contributed by atoms with van der Waals surface area (Å²) < 4.78 is 8.61. The number of nitrogens with two attached hydrogens (primary N) is 1. The Balaban J connectivity index is 1.51. The van der Waals surface area contributed by atoms with Gasteiger partial charge in [-0.25, -0.2) is 0 Å². The summed E-state index contributed by atoms with van der Waals surface area (Å²) in [6, 6.07) is 10.9. The van der Waals surface area contributed by atoms with Crippen LogP contribution in [0.4, 0.5) is 0 Å². The Labute approximate surface area is 165 Å². The van der Waals surface area contributed by atoms with Gasteiger partial charge in [0.2, 0.25) is 0 Å². The molecule has 0 saturated carbocycles. The van der Waals surface area contributed by atoms with Crippen molar-refractivity contribution in [1.82, 2.24) is 19.5 Å². The van der Waals surface area contributed by atoms with Gasteiger partial charge in [-0.05, 0) is 69.0 Å². The van der Waals surface area contributed by atoms with Gasteiger partial charge in [-0.3, -0.25) is 9.30 Å². The number of nitrogens with zero attached hydrogens (tertiary/aromatic N) is 4. The van der Waals surface area contributed by atoms with Gasteiger partial charge in [-0.2, -0.15) is 0 Å². The molecule has 0 spiro atoms. The van der Waals surface area contributed by atoms with E-state index in [-0.39, 0.29) is 12.1 Å². The lowest BCUT2D eigenvalue weighted by Crippen LogP contribution is -2.23. The minimum Gasteiger partial charge on any atom is -0.484 e. The van der Waals surface area contributed by atoms with Crippen molar-refractivity contribution in [1.29, 1.82) is 0 Å². The molecule has 146 valence electrons. The van der Waals surface area contributed by atoms with Crippen molar-refractivity contribution in [2.75, 3.05) is 13.6 Å². The molecule has 0 bridgehead atoms. The molecule has 3 heterocycles. The fourth-order valence-electron chi connectivity index (χ4n) is 4.74. The number of fused-ring (bicyclic) bond motifs is 2. The quantitative estimate of drug-likeness (QED) is 0.753. The number of benzene rings is 1. The molecule has 1 saturated heterocycles. The van der Waals surface area contributed by atoms with E-state index in [4.69, 9.17) is 10.5 Å².